The summed E-state index contributed by atoms with van der Waals surface area (Å²) in [6.07, 6.45) is 1.89. The maximum absolute atomic E-state index is 12.3. The second kappa shape index (κ2) is 6.20. The Balaban J connectivity index is 2.23. The summed E-state index contributed by atoms with van der Waals surface area (Å²) in [5.74, 6) is 0.427. The van der Waals surface area contributed by atoms with Gasteiger partial charge < -0.3 is 0 Å². The molecule has 0 atom stereocenters. The first kappa shape index (κ1) is 14.8. The minimum Gasteiger partial charge on any atom is -0.293 e. The molecule has 1 aromatic carbocycles. The quantitative estimate of drug-likeness (QED) is 0.595. The molecule has 0 bridgehead atoms. The van der Waals surface area contributed by atoms with Crippen molar-refractivity contribution in [1.29, 1.82) is 0 Å². The van der Waals surface area contributed by atoms with E-state index in [9.17, 15) is 4.79 Å². The van der Waals surface area contributed by atoms with Crippen molar-refractivity contribution in [2.45, 2.75) is 13.8 Å². The summed E-state index contributed by atoms with van der Waals surface area (Å²) in [6, 6.07) is 7.86. The number of nitrogens with zero attached hydrogens (tertiary/aromatic N) is 1. The van der Waals surface area contributed by atoms with Crippen molar-refractivity contribution in [1.82, 2.24) is 4.90 Å². The zero-order chi connectivity index (χ0) is 14.0. The maximum Gasteiger partial charge on any atom is 0.266 e. The lowest BCUT2D eigenvalue weighted by Gasteiger charge is -2.16. The van der Waals surface area contributed by atoms with E-state index in [0.717, 1.165) is 10.0 Å². The van der Waals surface area contributed by atoms with Gasteiger partial charge in [0, 0.05) is 11.0 Å². The summed E-state index contributed by atoms with van der Waals surface area (Å²) in [5, 5.41) is 0. The van der Waals surface area contributed by atoms with Crippen LogP contribution in [0, 0.1) is 5.92 Å². The van der Waals surface area contributed by atoms with E-state index in [2.05, 4.69) is 29.8 Å². The van der Waals surface area contributed by atoms with Crippen LogP contribution in [0.2, 0.25) is 0 Å². The molecule has 1 aliphatic rings. The third-order valence-corrected chi connectivity index (χ3v) is 4.44. The third kappa shape index (κ3) is 3.68. The van der Waals surface area contributed by atoms with Gasteiger partial charge in [0.15, 0.2) is 0 Å². The molecule has 100 valence electrons. The number of carbonyl (C=O) groups is 1. The number of carbonyl (C=O) groups excluding carboxylic acids is 1. The van der Waals surface area contributed by atoms with E-state index in [-0.39, 0.29) is 5.91 Å². The van der Waals surface area contributed by atoms with Crippen molar-refractivity contribution in [3.63, 3.8) is 0 Å². The van der Waals surface area contributed by atoms with Crippen LogP contribution in [-0.2, 0) is 4.79 Å². The Morgan fingerprint density at radius 1 is 1.47 bits per heavy atom. The van der Waals surface area contributed by atoms with Crippen LogP contribution in [0.3, 0.4) is 0 Å². The fraction of sp³-hybridized carbons (Fsp3) is 0.286. The second-order valence-corrected chi connectivity index (χ2v) is 7.33. The highest BCUT2D eigenvalue weighted by Gasteiger charge is 2.32. The summed E-state index contributed by atoms with van der Waals surface area (Å²) in [4.78, 5) is 14.7. The average molecular weight is 356 g/mol. The predicted octanol–water partition coefficient (Wildman–Crippen LogP) is 4.31. The molecule has 0 unspecified atom stereocenters. The van der Waals surface area contributed by atoms with Crippen LogP contribution in [0.5, 0.6) is 0 Å². The van der Waals surface area contributed by atoms with E-state index in [1.807, 2.05) is 30.3 Å². The molecule has 0 spiro atoms. The zero-order valence-corrected chi connectivity index (χ0v) is 13.9. The molecule has 1 aromatic rings. The first-order valence-corrected chi connectivity index (χ1v) is 8.00. The minimum atomic E-state index is 0.0173. The average Bonchev–Trinajstić information content (AvgIpc) is 2.57. The Labute approximate surface area is 131 Å². The van der Waals surface area contributed by atoms with Crippen LogP contribution in [0.15, 0.2) is 33.6 Å². The summed E-state index contributed by atoms with van der Waals surface area (Å²) < 4.78 is 1.65. The van der Waals surface area contributed by atoms with Crippen molar-refractivity contribution in [2.24, 2.45) is 5.92 Å². The molecule has 19 heavy (non-hydrogen) atoms. The van der Waals surface area contributed by atoms with Crippen molar-refractivity contribution < 1.29 is 4.79 Å². The molecule has 1 saturated heterocycles. The Morgan fingerprint density at radius 3 is 2.84 bits per heavy atom. The zero-order valence-electron chi connectivity index (χ0n) is 10.7. The Morgan fingerprint density at radius 2 is 2.21 bits per heavy atom. The van der Waals surface area contributed by atoms with Gasteiger partial charge in [0.2, 0.25) is 0 Å². The first-order valence-electron chi connectivity index (χ1n) is 5.98. The minimum absolute atomic E-state index is 0.0173. The van der Waals surface area contributed by atoms with E-state index in [1.54, 1.807) is 4.90 Å². The van der Waals surface area contributed by atoms with Crippen molar-refractivity contribution in [3.05, 3.63) is 39.2 Å². The highest BCUT2D eigenvalue weighted by Crippen LogP contribution is 2.33. The largest absolute Gasteiger partial charge is 0.293 e. The molecule has 2 nitrogen and oxygen atoms in total. The molecule has 0 N–H and O–H groups in total. The van der Waals surface area contributed by atoms with Gasteiger partial charge >= 0.3 is 0 Å². The maximum atomic E-state index is 12.3. The van der Waals surface area contributed by atoms with E-state index >= 15 is 0 Å². The summed E-state index contributed by atoms with van der Waals surface area (Å²) in [5.41, 5.74) is 0.999. The van der Waals surface area contributed by atoms with Crippen LogP contribution in [0.25, 0.3) is 6.08 Å². The number of hydrogen-bond acceptors (Lipinski definition) is 3. The van der Waals surface area contributed by atoms with Gasteiger partial charge in [0.25, 0.3) is 5.91 Å². The number of benzene rings is 1. The highest BCUT2D eigenvalue weighted by molar-refractivity contribution is 9.10. The molecular formula is C14H14BrNOS2. The lowest BCUT2D eigenvalue weighted by Crippen LogP contribution is -2.31. The molecule has 5 heteroatoms. The Hall–Kier alpha value is -0.650. The fourth-order valence-corrected chi connectivity index (χ4v) is 3.46. The van der Waals surface area contributed by atoms with Crippen LogP contribution in [0.1, 0.15) is 19.4 Å². The van der Waals surface area contributed by atoms with Gasteiger partial charge in [0.05, 0.1) is 4.91 Å². The van der Waals surface area contributed by atoms with Crippen molar-refractivity contribution in [2.75, 3.05) is 6.54 Å². The standard InChI is InChI=1S/C14H14BrNOS2/c1-9(2)8-16-13(17)12(19-14(16)18)7-10-4-3-5-11(15)6-10/h3-7,9H,8H2,1-2H3. The van der Waals surface area contributed by atoms with E-state index in [4.69, 9.17) is 12.2 Å². The summed E-state index contributed by atoms with van der Waals surface area (Å²) >= 11 is 10.1. The van der Waals surface area contributed by atoms with Crippen LogP contribution < -0.4 is 0 Å². The molecule has 1 amide bonds. The fourth-order valence-electron chi connectivity index (χ4n) is 1.77. The van der Waals surface area contributed by atoms with Gasteiger partial charge in [-0.25, -0.2) is 0 Å². The molecule has 0 aliphatic carbocycles. The predicted molar refractivity (Wildman–Crippen MR) is 88.9 cm³/mol. The molecule has 1 aliphatic heterocycles. The monoisotopic (exact) mass is 355 g/mol. The second-order valence-electron chi connectivity index (χ2n) is 4.74. The first-order chi connectivity index (χ1) is 8.97. The lowest BCUT2D eigenvalue weighted by molar-refractivity contribution is -0.122. The molecule has 0 radical (unpaired) electrons. The lowest BCUT2D eigenvalue weighted by atomic mass is 10.2. The number of hydrogen-bond donors (Lipinski definition) is 0. The Bertz CT molecular complexity index is 554. The topological polar surface area (TPSA) is 20.3 Å². The molecule has 0 saturated carbocycles. The number of thiocarbonyl (C=S) groups is 1. The van der Waals surface area contributed by atoms with Crippen molar-refractivity contribution >= 4 is 56.2 Å². The summed E-state index contributed by atoms with van der Waals surface area (Å²) in [7, 11) is 0. The number of amides is 1. The van der Waals surface area contributed by atoms with Gasteiger partial charge in [0.1, 0.15) is 4.32 Å². The molecule has 2 rings (SSSR count). The van der Waals surface area contributed by atoms with E-state index in [0.29, 0.717) is 21.7 Å². The van der Waals surface area contributed by atoms with Gasteiger partial charge in [-0.1, -0.05) is 65.9 Å². The molecule has 1 fully saturated rings. The molecular weight excluding hydrogens is 342 g/mol. The van der Waals surface area contributed by atoms with E-state index < -0.39 is 0 Å². The van der Waals surface area contributed by atoms with Gasteiger partial charge in [-0.3, -0.25) is 9.69 Å². The smallest absolute Gasteiger partial charge is 0.266 e. The van der Waals surface area contributed by atoms with Crippen LogP contribution >= 0.6 is 39.9 Å². The third-order valence-electron chi connectivity index (χ3n) is 2.57. The number of halogens is 1. The SMILES string of the molecule is CC(C)CN1C(=O)C(=Cc2cccc(Br)c2)SC1=S. The van der Waals surface area contributed by atoms with Crippen molar-refractivity contribution in [3.8, 4) is 0 Å². The molecule has 0 aromatic heterocycles. The number of rotatable bonds is 3. The van der Waals surface area contributed by atoms with Gasteiger partial charge in [-0.15, -0.1) is 0 Å². The number of thioether (sulfide) groups is 1. The molecule has 1 heterocycles. The normalized spacial score (nSPS) is 17.9. The van der Waals surface area contributed by atoms with Crippen LogP contribution in [-0.4, -0.2) is 21.7 Å². The summed E-state index contributed by atoms with van der Waals surface area (Å²) in [6.45, 7) is 4.84. The van der Waals surface area contributed by atoms with Gasteiger partial charge in [-0.2, -0.15) is 0 Å². The van der Waals surface area contributed by atoms with E-state index in [1.165, 1.54) is 11.8 Å². The van der Waals surface area contributed by atoms with Crippen LogP contribution in [0.4, 0.5) is 0 Å². The van der Waals surface area contributed by atoms with Gasteiger partial charge in [-0.05, 0) is 29.7 Å². The Kier molecular flexibility index (Phi) is 4.81. The highest BCUT2D eigenvalue weighted by atomic mass is 79.9.